The lowest BCUT2D eigenvalue weighted by Gasteiger charge is -2.33. The summed E-state index contributed by atoms with van der Waals surface area (Å²) in [6, 6.07) is 12.9. The molecule has 1 aliphatic heterocycles. The Morgan fingerprint density at radius 2 is 2.12 bits per heavy atom. The van der Waals surface area contributed by atoms with E-state index in [9.17, 15) is 4.79 Å². The van der Waals surface area contributed by atoms with Gasteiger partial charge in [-0.2, -0.15) is 5.26 Å². The first kappa shape index (κ1) is 16.0. The topological polar surface area (TPSA) is 69.0 Å². The van der Waals surface area contributed by atoms with Gasteiger partial charge in [0.05, 0.1) is 23.5 Å². The summed E-state index contributed by atoms with van der Waals surface area (Å²) in [5.74, 6) is 0.378. The van der Waals surface area contributed by atoms with Crippen molar-refractivity contribution in [3.63, 3.8) is 0 Å². The van der Waals surface area contributed by atoms with Gasteiger partial charge in [0.25, 0.3) is 5.91 Å². The lowest BCUT2D eigenvalue weighted by molar-refractivity contribution is 0.0945. The Kier molecular flexibility index (Phi) is 5.07. The first-order valence-electron chi connectivity index (χ1n) is 8.19. The number of anilines is 1. The number of amides is 1. The van der Waals surface area contributed by atoms with Crippen LogP contribution in [-0.2, 0) is 0 Å². The highest BCUT2D eigenvalue weighted by Crippen LogP contribution is 2.22. The van der Waals surface area contributed by atoms with Crippen LogP contribution in [0.2, 0.25) is 0 Å². The number of hydrogen-bond acceptors (Lipinski definition) is 4. The van der Waals surface area contributed by atoms with Gasteiger partial charge in [-0.05, 0) is 49.1 Å². The zero-order chi connectivity index (χ0) is 16.8. The van der Waals surface area contributed by atoms with E-state index >= 15 is 0 Å². The molecule has 1 aromatic heterocycles. The molecule has 1 N–H and O–H groups in total. The number of nitrogens with one attached hydrogen (secondary N) is 1. The predicted octanol–water partition coefficient (Wildman–Crippen LogP) is 2.60. The Bertz CT molecular complexity index is 731. The maximum atomic E-state index is 12.2. The predicted molar refractivity (Wildman–Crippen MR) is 92.7 cm³/mol. The monoisotopic (exact) mass is 320 g/mol. The van der Waals surface area contributed by atoms with E-state index in [1.165, 1.54) is 0 Å². The fourth-order valence-corrected chi connectivity index (χ4v) is 3.01. The SMILES string of the molecule is N#Cc1cccc(C(=O)NCC2CCN(c3cccnc3)CC2)c1. The molecule has 0 unspecified atom stereocenters. The molecule has 24 heavy (non-hydrogen) atoms. The van der Waals surface area contributed by atoms with Crippen LogP contribution in [0.15, 0.2) is 48.8 Å². The van der Waals surface area contributed by atoms with Crippen LogP contribution in [0.4, 0.5) is 5.69 Å². The second kappa shape index (κ2) is 7.60. The molecule has 5 nitrogen and oxygen atoms in total. The van der Waals surface area contributed by atoms with E-state index in [4.69, 9.17) is 5.26 Å². The number of nitrogens with zero attached hydrogens (tertiary/aromatic N) is 3. The highest BCUT2D eigenvalue weighted by Gasteiger charge is 2.20. The van der Waals surface area contributed by atoms with Gasteiger partial charge in [-0.3, -0.25) is 9.78 Å². The summed E-state index contributed by atoms with van der Waals surface area (Å²) in [7, 11) is 0. The molecule has 3 rings (SSSR count). The highest BCUT2D eigenvalue weighted by atomic mass is 16.1. The largest absolute Gasteiger partial charge is 0.370 e. The van der Waals surface area contributed by atoms with E-state index in [1.54, 1.807) is 30.5 Å². The number of hydrogen-bond donors (Lipinski definition) is 1. The third kappa shape index (κ3) is 3.90. The summed E-state index contributed by atoms with van der Waals surface area (Å²) in [6.07, 6.45) is 5.78. The van der Waals surface area contributed by atoms with E-state index in [-0.39, 0.29) is 5.91 Å². The quantitative estimate of drug-likeness (QED) is 0.940. The number of pyridine rings is 1. The van der Waals surface area contributed by atoms with Crippen molar-refractivity contribution in [2.24, 2.45) is 5.92 Å². The van der Waals surface area contributed by atoms with Crippen LogP contribution in [0.3, 0.4) is 0 Å². The van der Waals surface area contributed by atoms with Crippen molar-refractivity contribution in [1.29, 1.82) is 5.26 Å². The normalized spacial score (nSPS) is 14.9. The number of benzene rings is 1. The van der Waals surface area contributed by atoms with Crippen molar-refractivity contribution in [2.45, 2.75) is 12.8 Å². The number of aromatic nitrogens is 1. The van der Waals surface area contributed by atoms with E-state index in [0.717, 1.165) is 31.6 Å². The van der Waals surface area contributed by atoms with Gasteiger partial charge in [0.15, 0.2) is 0 Å². The van der Waals surface area contributed by atoms with Gasteiger partial charge >= 0.3 is 0 Å². The summed E-state index contributed by atoms with van der Waals surface area (Å²) in [5, 5.41) is 11.9. The zero-order valence-corrected chi connectivity index (χ0v) is 13.5. The molecule has 0 radical (unpaired) electrons. The van der Waals surface area contributed by atoms with Gasteiger partial charge < -0.3 is 10.2 Å². The average Bonchev–Trinajstić information content (AvgIpc) is 2.67. The molecule has 1 aliphatic rings. The third-order valence-electron chi connectivity index (χ3n) is 4.43. The van der Waals surface area contributed by atoms with Crippen LogP contribution in [0.25, 0.3) is 0 Å². The molecule has 1 amide bonds. The molecule has 5 heteroatoms. The molecule has 0 saturated carbocycles. The van der Waals surface area contributed by atoms with Gasteiger partial charge in [-0.15, -0.1) is 0 Å². The van der Waals surface area contributed by atoms with Crippen LogP contribution in [0.1, 0.15) is 28.8 Å². The van der Waals surface area contributed by atoms with Crippen LogP contribution in [0, 0.1) is 17.2 Å². The maximum absolute atomic E-state index is 12.2. The molecule has 0 bridgehead atoms. The van der Waals surface area contributed by atoms with Crippen molar-refractivity contribution < 1.29 is 4.79 Å². The second-order valence-electron chi connectivity index (χ2n) is 6.04. The van der Waals surface area contributed by atoms with Crippen LogP contribution >= 0.6 is 0 Å². The first-order valence-corrected chi connectivity index (χ1v) is 8.19. The molecule has 0 spiro atoms. The van der Waals surface area contributed by atoms with Crippen molar-refractivity contribution in [2.75, 3.05) is 24.5 Å². The van der Waals surface area contributed by atoms with Crippen LogP contribution < -0.4 is 10.2 Å². The van der Waals surface area contributed by atoms with E-state index in [0.29, 0.717) is 23.6 Å². The molecule has 2 heterocycles. The van der Waals surface area contributed by atoms with Crippen molar-refractivity contribution in [3.8, 4) is 6.07 Å². The summed E-state index contributed by atoms with van der Waals surface area (Å²) in [5.41, 5.74) is 2.21. The minimum absolute atomic E-state index is 0.109. The van der Waals surface area contributed by atoms with Gasteiger partial charge in [-0.25, -0.2) is 0 Å². The average molecular weight is 320 g/mol. The number of rotatable bonds is 4. The van der Waals surface area contributed by atoms with Gasteiger partial charge in [0, 0.05) is 31.4 Å². The standard InChI is InChI=1S/C19H20N4O/c20-12-16-3-1-4-17(11-16)19(24)22-13-15-6-9-23(10-7-15)18-5-2-8-21-14-18/h1-5,8,11,14-15H,6-7,9-10,13H2,(H,22,24). The smallest absolute Gasteiger partial charge is 0.251 e. The minimum atomic E-state index is -0.109. The molecule has 1 aromatic carbocycles. The van der Waals surface area contributed by atoms with Crippen molar-refractivity contribution in [1.82, 2.24) is 10.3 Å². The Hall–Kier alpha value is -2.87. The molecule has 1 saturated heterocycles. The first-order chi connectivity index (χ1) is 11.8. The Morgan fingerprint density at radius 1 is 1.29 bits per heavy atom. The molecule has 1 fully saturated rings. The fraction of sp³-hybridized carbons (Fsp3) is 0.316. The molecule has 0 aliphatic carbocycles. The number of carbonyl (C=O) groups excluding carboxylic acids is 1. The van der Waals surface area contributed by atoms with Crippen molar-refractivity contribution >= 4 is 11.6 Å². The zero-order valence-electron chi connectivity index (χ0n) is 13.5. The minimum Gasteiger partial charge on any atom is -0.370 e. The van der Waals surface area contributed by atoms with Gasteiger partial charge in [0.2, 0.25) is 0 Å². The molecule has 2 aromatic rings. The molecule has 122 valence electrons. The van der Waals surface area contributed by atoms with Gasteiger partial charge in [0.1, 0.15) is 0 Å². The summed E-state index contributed by atoms with van der Waals surface area (Å²) >= 11 is 0. The lowest BCUT2D eigenvalue weighted by atomic mass is 9.96. The number of carbonyl (C=O) groups is 1. The van der Waals surface area contributed by atoms with Crippen LogP contribution in [0.5, 0.6) is 0 Å². The molecular formula is C19H20N4O. The summed E-state index contributed by atoms with van der Waals surface area (Å²) in [6.45, 7) is 2.64. The van der Waals surface area contributed by atoms with Gasteiger partial charge in [-0.1, -0.05) is 6.07 Å². The Balaban J connectivity index is 1.48. The number of nitriles is 1. The lowest BCUT2D eigenvalue weighted by Crippen LogP contribution is -2.38. The van der Waals surface area contributed by atoms with E-state index in [2.05, 4.69) is 27.3 Å². The number of piperidine rings is 1. The van der Waals surface area contributed by atoms with Crippen LogP contribution in [-0.4, -0.2) is 30.5 Å². The second-order valence-corrected chi connectivity index (χ2v) is 6.04. The van der Waals surface area contributed by atoms with E-state index in [1.807, 2.05) is 12.3 Å². The van der Waals surface area contributed by atoms with Crippen molar-refractivity contribution in [3.05, 3.63) is 59.9 Å². The molecule has 0 atom stereocenters. The fourth-order valence-electron chi connectivity index (χ4n) is 3.01. The molecular weight excluding hydrogens is 300 g/mol. The van der Waals surface area contributed by atoms with E-state index < -0.39 is 0 Å². The Morgan fingerprint density at radius 3 is 2.83 bits per heavy atom. The Labute approximate surface area is 141 Å². The maximum Gasteiger partial charge on any atom is 0.251 e. The summed E-state index contributed by atoms with van der Waals surface area (Å²) < 4.78 is 0. The third-order valence-corrected chi connectivity index (χ3v) is 4.43. The highest BCUT2D eigenvalue weighted by molar-refractivity contribution is 5.94. The summed E-state index contributed by atoms with van der Waals surface area (Å²) in [4.78, 5) is 18.7.